The number of thioether (sulfide) groups is 1. The summed E-state index contributed by atoms with van der Waals surface area (Å²) in [5, 5.41) is 3.67. The highest BCUT2D eigenvalue weighted by Gasteiger charge is 2.24. The molecule has 0 spiro atoms. The molecule has 0 bridgehead atoms. The van der Waals surface area contributed by atoms with Crippen molar-refractivity contribution in [2.45, 2.75) is 43.8 Å². The fourth-order valence-corrected chi connectivity index (χ4v) is 3.72. The SMILES string of the molecule is CC(C)c1ccccc1-n1ccnc1SCC(=O)N(C)CC(=O)NC1CC1. The molecular weight excluding hydrogens is 360 g/mol. The third-order valence-corrected chi connectivity index (χ3v) is 5.45. The zero-order chi connectivity index (χ0) is 19.4. The van der Waals surface area contributed by atoms with E-state index in [-0.39, 0.29) is 24.1 Å². The minimum Gasteiger partial charge on any atom is -0.352 e. The van der Waals surface area contributed by atoms with Crippen LogP contribution in [0.3, 0.4) is 0 Å². The normalized spacial score (nSPS) is 13.6. The van der Waals surface area contributed by atoms with Gasteiger partial charge < -0.3 is 10.2 Å². The standard InChI is InChI=1S/C20H26N4O2S/c1-14(2)16-6-4-5-7-17(16)24-11-10-21-20(24)27-13-19(26)23(3)12-18(25)22-15-8-9-15/h4-7,10-11,14-15H,8-9,12-13H2,1-3H3,(H,22,25). The number of benzene rings is 1. The monoisotopic (exact) mass is 386 g/mol. The molecule has 0 saturated heterocycles. The van der Waals surface area contributed by atoms with Crippen LogP contribution in [-0.4, -0.2) is 51.7 Å². The number of para-hydroxylation sites is 1. The number of amides is 2. The van der Waals surface area contributed by atoms with Crippen molar-refractivity contribution in [3.05, 3.63) is 42.2 Å². The summed E-state index contributed by atoms with van der Waals surface area (Å²) >= 11 is 1.39. The van der Waals surface area contributed by atoms with Gasteiger partial charge in [0.2, 0.25) is 11.8 Å². The fourth-order valence-electron chi connectivity index (χ4n) is 2.82. The maximum absolute atomic E-state index is 12.4. The molecule has 0 unspecified atom stereocenters. The molecular formula is C20H26N4O2S. The summed E-state index contributed by atoms with van der Waals surface area (Å²) in [7, 11) is 1.66. The van der Waals surface area contributed by atoms with E-state index in [4.69, 9.17) is 0 Å². The highest BCUT2D eigenvalue weighted by molar-refractivity contribution is 7.99. The number of imidazole rings is 1. The van der Waals surface area contributed by atoms with E-state index in [0.717, 1.165) is 23.7 Å². The third-order valence-electron chi connectivity index (χ3n) is 4.50. The number of hydrogen-bond acceptors (Lipinski definition) is 4. The molecule has 7 heteroatoms. The van der Waals surface area contributed by atoms with E-state index in [9.17, 15) is 9.59 Å². The highest BCUT2D eigenvalue weighted by atomic mass is 32.2. The van der Waals surface area contributed by atoms with E-state index in [1.807, 2.05) is 22.9 Å². The molecule has 1 heterocycles. The van der Waals surface area contributed by atoms with Crippen molar-refractivity contribution in [1.29, 1.82) is 0 Å². The minimum absolute atomic E-state index is 0.0855. The molecule has 1 aliphatic rings. The Balaban J connectivity index is 1.61. The Bertz CT molecular complexity index is 814. The van der Waals surface area contributed by atoms with Crippen LogP contribution in [0.1, 0.15) is 38.2 Å². The van der Waals surface area contributed by atoms with Gasteiger partial charge in [0.25, 0.3) is 0 Å². The van der Waals surface area contributed by atoms with Crippen molar-refractivity contribution in [2.24, 2.45) is 0 Å². The third kappa shape index (κ3) is 5.13. The van der Waals surface area contributed by atoms with Gasteiger partial charge in [0.05, 0.1) is 18.0 Å². The Labute approximate surface area is 164 Å². The first-order valence-corrected chi connectivity index (χ1v) is 10.2. The number of carbonyl (C=O) groups is 2. The van der Waals surface area contributed by atoms with Crippen LogP contribution in [0.25, 0.3) is 5.69 Å². The largest absolute Gasteiger partial charge is 0.352 e. The first kappa shape index (κ1) is 19.5. The van der Waals surface area contributed by atoms with E-state index in [0.29, 0.717) is 12.0 Å². The van der Waals surface area contributed by atoms with Gasteiger partial charge in [-0.1, -0.05) is 43.8 Å². The van der Waals surface area contributed by atoms with Crippen LogP contribution in [0.2, 0.25) is 0 Å². The van der Waals surface area contributed by atoms with Gasteiger partial charge in [0, 0.05) is 25.5 Å². The summed E-state index contributed by atoms with van der Waals surface area (Å²) in [6, 6.07) is 8.54. The number of rotatable bonds is 8. The maximum atomic E-state index is 12.4. The number of carbonyl (C=O) groups excluding carboxylic acids is 2. The van der Waals surface area contributed by atoms with Crippen LogP contribution in [0.5, 0.6) is 0 Å². The smallest absolute Gasteiger partial charge is 0.239 e. The van der Waals surface area contributed by atoms with E-state index < -0.39 is 0 Å². The molecule has 1 aliphatic carbocycles. The molecule has 1 saturated carbocycles. The average Bonchev–Trinajstić information content (AvgIpc) is 3.32. The van der Waals surface area contributed by atoms with Crippen LogP contribution in [0.15, 0.2) is 41.8 Å². The van der Waals surface area contributed by atoms with Crippen LogP contribution >= 0.6 is 11.8 Å². The number of nitrogens with one attached hydrogen (secondary N) is 1. The lowest BCUT2D eigenvalue weighted by Crippen LogP contribution is -2.39. The molecule has 6 nitrogen and oxygen atoms in total. The van der Waals surface area contributed by atoms with Crippen molar-refractivity contribution in [3.63, 3.8) is 0 Å². The number of hydrogen-bond donors (Lipinski definition) is 1. The van der Waals surface area contributed by atoms with Gasteiger partial charge in [0.15, 0.2) is 5.16 Å². The molecule has 0 aliphatic heterocycles. The Kier molecular flexibility index (Phi) is 6.21. The van der Waals surface area contributed by atoms with Crippen molar-refractivity contribution in [3.8, 4) is 5.69 Å². The van der Waals surface area contributed by atoms with E-state index in [2.05, 4.69) is 36.3 Å². The number of nitrogens with zero attached hydrogens (tertiary/aromatic N) is 3. The molecule has 0 radical (unpaired) electrons. The van der Waals surface area contributed by atoms with E-state index in [1.165, 1.54) is 22.2 Å². The predicted octanol–water partition coefficient (Wildman–Crippen LogP) is 2.82. The van der Waals surface area contributed by atoms with Crippen LogP contribution < -0.4 is 5.32 Å². The second-order valence-corrected chi connectivity index (χ2v) is 8.12. The molecule has 144 valence electrons. The fraction of sp³-hybridized carbons (Fsp3) is 0.450. The molecule has 1 N–H and O–H groups in total. The van der Waals surface area contributed by atoms with Crippen molar-refractivity contribution >= 4 is 23.6 Å². The van der Waals surface area contributed by atoms with Gasteiger partial charge in [-0.3, -0.25) is 14.2 Å². The first-order valence-electron chi connectivity index (χ1n) is 9.24. The predicted molar refractivity (Wildman–Crippen MR) is 107 cm³/mol. The Morgan fingerprint density at radius 3 is 2.78 bits per heavy atom. The lowest BCUT2D eigenvalue weighted by atomic mass is 10.0. The first-order chi connectivity index (χ1) is 13.0. The summed E-state index contributed by atoms with van der Waals surface area (Å²) in [5.41, 5.74) is 2.31. The van der Waals surface area contributed by atoms with Gasteiger partial charge >= 0.3 is 0 Å². The minimum atomic E-state index is -0.0919. The second kappa shape index (κ2) is 8.61. The van der Waals surface area contributed by atoms with E-state index in [1.54, 1.807) is 13.2 Å². The molecule has 27 heavy (non-hydrogen) atoms. The molecule has 1 aromatic carbocycles. The number of aromatic nitrogens is 2. The van der Waals surface area contributed by atoms with Crippen LogP contribution in [0, 0.1) is 0 Å². The Hall–Kier alpha value is -2.28. The quantitative estimate of drug-likeness (QED) is 0.709. The van der Waals surface area contributed by atoms with Gasteiger partial charge in [-0.2, -0.15) is 0 Å². The molecule has 1 fully saturated rings. The molecule has 1 aromatic heterocycles. The summed E-state index contributed by atoms with van der Waals surface area (Å²) in [6.45, 7) is 4.42. The van der Waals surface area contributed by atoms with Crippen molar-refractivity contribution in [2.75, 3.05) is 19.3 Å². The lowest BCUT2D eigenvalue weighted by molar-refractivity contribution is -0.132. The Morgan fingerprint density at radius 1 is 1.33 bits per heavy atom. The van der Waals surface area contributed by atoms with Gasteiger partial charge in [-0.05, 0) is 30.4 Å². The van der Waals surface area contributed by atoms with Gasteiger partial charge in [0.1, 0.15) is 0 Å². The topological polar surface area (TPSA) is 67.2 Å². The second-order valence-electron chi connectivity index (χ2n) is 7.17. The summed E-state index contributed by atoms with van der Waals surface area (Å²) in [5.74, 6) is 0.455. The summed E-state index contributed by atoms with van der Waals surface area (Å²) in [6.07, 6.45) is 5.75. The summed E-state index contributed by atoms with van der Waals surface area (Å²) in [4.78, 5) is 30.1. The zero-order valence-electron chi connectivity index (χ0n) is 16.0. The van der Waals surface area contributed by atoms with Gasteiger partial charge in [-0.15, -0.1) is 0 Å². The lowest BCUT2D eigenvalue weighted by Gasteiger charge is -2.17. The molecule has 2 amide bonds. The van der Waals surface area contributed by atoms with Crippen LogP contribution in [0.4, 0.5) is 0 Å². The summed E-state index contributed by atoms with van der Waals surface area (Å²) < 4.78 is 2.02. The highest BCUT2D eigenvalue weighted by Crippen LogP contribution is 2.27. The van der Waals surface area contributed by atoms with Crippen molar-refractivity contribution in [1.82, 2.24) is 19.8 Å². The average molecular weight is 387 g/mol. The molecule has 3 rings (SSSR count). The van der Waals surface area contributed by atoms with Crippen LogP contribution in [-0.2, 0) is 9.59 Å². The van der Waals surface area contributed by atoms with E-state index >= 15 is 0 Å². The van der Waals surface area contributed by atoms with Gasteiger partial charge in [-0.25, -0.2) is 4.98 Å². The maximum Gasteiger partial charge on any atom is 0.239 e. The van der Waals surface area contributed by atoms with Crippen molar-refractivity contribution < 1.29 is 9.59 Å². The molecule has 0 atom stereocenters. The Morgan fingerprint density at radius 2 is 2.07 bits per heavy atom. The zero-order valence-corrected chi connectivity index (χ0v) is 16.8. The molecule has 2 aromatic rings. The number of likely N-dealkylation sites (N-methyl/N-ethyl adjacent to an activating group) is 1.